The van der Waals surface area contributed by atoms with E-state index in [9.17, 15) is 9.59 Å². The van der Waals surface area contributed by atoms with E-state index >= 15 is 0 Å². The van der Waals surface area contributed by atoms with Gasteiger partial charge < -0.3 is 14.6 Å². The lowest BCUT2D eigenvalue weighted by Gasteiger charge is -2.37. The number of piperazine rings is 1. The number of nitrogens with one attached hydrogen (secondary N) is 1. The SMILES string of the molecule is Cc1cccc(NC(=O)C(C)N2CCN(C(=O)c3cc(C)oc3C)CC2)c1. The molecule has 1 fully saturated rings. The highest BCUT2D eigenvalue weighted by molar-refractivity contribution is 5.96. The first-order valence-electron chi connectivity index (χ1n) is 9.33. The van der Waals surface area contributed by atoms with Gasteiger partial charge in [-0.05, 0) is 51.5 Å². The van der Waals surface area contributed by atoms with Crippen molar-refractivity contribution in [2.24, 2.45) is 0 Å². The van der Waals surface area contributed by atoms with Gasteiger partial charge in [-0.2, -0.15) is 0 Å². The largest absolute Gasteiger partial charge is 0.466 e. The zero-order chi connectivity index (χ0) is 19.6. The Kier molecular flexibility index (Phi) is 5.65. The Hall–Kier alpha value is -2.60. The molecule has 1 aromatic carbocycles. The fourth-order valence-electron chi connectivity index (χ4n) is 3.46. The Balaban J connectivity index is 1.55. The molecule has 0 spiro atoms. The highest BCUT2D eigenvalue weighted by Gasteiger charge is 2.29. The van der Waals surface area contributed by atoms with E-state index in [-0.39, 0.29) is 17.9 Å². The maximum atomic E-state index is 12.7. The lowest BCUT2D eigenvalue weighted by Crippen LogP contribution is -2.54. The summed E-state index contributed by atoms with van der Waals surface area (Å²) in [5.41, 5.74) is 2.55. The summed E-state index contributed by atoms with van der Waals surface area (Å²) in [6.45, 7) is 10.1. The van der Waals surface area contributed by atoms with Gasteiger partial charge in [0, 0.05) is 31.9 Å². The monoisotopic (exact) mass is 369 g/mol. The minimum Gasteiger partial charge on any atom is -0.466 e. The highest BCUT2D eigenvalue weighted by Crippen LogP contribution is 2.18. The molecule has 2 heterocycles. The molecule has 0 radical (unpaired) electrons. The fourth-order valence-corrected chi connectivity index (χ4v) is 3.46. The first-order chi connectivity index (χ1) is 12.8. The molecule has 1 aliphatic heterocycles. The number of hydrogen-bond acceptors (Lipinski definition) is 4. The number of anilines is 1. The van der Waals surface area contributed by atoms with Gasteiger partial charge in [-0.25, -0.2) is 0 Å². The van der Waals surface area contributed by atoms with Crippen molar-refractivity contribution in [3.8, 4) is 0 Å². The molecule has 2 amide bonds. The van der Waals surface area contributed by atoms with Crippen LogP contribution in [-0.2, 0) is 4.79 Å². The van der Waals surface area contributed by atoms with Crippen LogP contribution in [0.2, 0.25) is 0 Å². The second-order valence-corrected chi connectivity index (χ2v) is 7.19. The third-order valence-corrected chi connectivity index (χ3v) is 5.09. The van der Waals surface area contributed by atoms with Crippen molar-refractivity contribution in [3.63, 3.8) is 0 Å². The van der Waals surface area contributed by atoms with Crippen molar-refractivity contribution in [1.82, 2.24) is 9.80 Å². The van der Waals surface area contributed by atoms with Crippen LogP contribution in [0.5, 0.6) is 0 Å². The zero-order valence-corrected chi connectivity index (χ0v) is 16.4. The molecule has 0 saturated carbocycles. The van der Waals surface area contributed by atoms with Crippen LogP contribution in [0.25, 0.3) is 0 Å². The van der Waals surface area contributed by atoms with Crippen molar-refractivity contribution >= 4 is 17.5 Å². The number of furan rings is 1. The number of hydrogen-bond donors (Lipinski definition) is 1. The molecular formula is C21H27N3O3. The maximum Gasteiger partial charge on any atom is 0.257 e. The third kappa shape index (κ3) is 4.39. The molecule has 1 saturated heterocycles. The number of amides is 2. The van der Waals surface area contributed by atoms with Crippen LogP contribution in [0, 0.1) is 20.8 Å². The molecule has 0 bridgehead atoms. The number of nitrogens with zero attached hydrogens (tertiary/aromatic N) is 2. The summed E-state index contributed by atoms with van der Waals surface area (Å²) in [7, 11) is 0. The van der Waals surface area contributed by atoms with Gasteiger partial charge in [0.25, 0.3) is 5.91 Å². The minimum atomic E-state index is -0.249. The molecule has 27 heavy (non-hydrogen) atoms. The van der Waals surface area contributed by atoms with Crippen LogP contribution in [-0.4, -0.2) is 53.8 Å². The molecule has 1 N–H and O–H groups in total. The van der Waals surface area contributed by atoms with E-state index in [2.05, 4.69) is 10.2 Å². The second kappa shape index (κ2) is 7.96. The minimum absolute atomic E-state index is 0.000801. The fraction of sp³-hybridized carbons (Fsp3) is 0.429. The van der Waals surface area contributed by atoms with Gasteiger partial charge in [0.2, 0.25) is 5.91 Å². The molecule has 1 aromatic heterocycles. The third-order valence-electron chi connectivity index (χ3n) is 5.09. The summed E-state index contributed by atoms with van der Waals surface area (Å²) in [4.78, 5) is 29.2. The zero-order valence-electron chi connectivity index (χ0n) is 16.4. The van der Waals surface area contributed by atoms with Gasteiger partial charge in [0.1, 0.15) is 11.5 Å². The predicted molar refractivity (Wildman–Crippen MR) is 105 cm³/mol. The first kappa shape index (κ1) is 19.2. The van der Waals surface area contributed by atoms with E-state index in [1.165, 1.54) is 0 Å². The summed E-state index contributed by atoms with van der Waals surface area (Å²) >= 11 is 0. The van der Waals surface area contributed by atoms with E-state index in [4.69, 9.17) is 4.42 Å². The van der Waals surface area contributed by atoms with Crippen LogP contribution < -0.4 is 5.32 Å². The molecule has 2 aromatic rings. The Bertz CT molecular complexity index is 835. The van der Waals surface area contributed by atoms with Crippen molar-refractivity contribution in [3.05, 3.63) is 53.0 Å². The summed E-state index contributed by atoms with van der Waals surface area (Å²) in [6.07, 6.45) is 0. The summed E-state index contributed by atoms with van der Waals surface area (Å²) in [6, 6.07) is 9.32. The Morgan fingerprint density at radius 2 is 1.78 bits per heavy atom. The standard InChI is InChI=1S/C21H27N3O3/c1-14-6-5-7-18(12-14)22-20(25)16(3)23-8-10-24(11-9-23)21(26)19-13-15(2)27-17(19)4/h5-7,12-13,16H,8-11H2,1-4H3,(H,22,25). The van der Waals surface area contributed by atoms with Gasteiger partial charge in [0.05, 0.1) is 11.6 Å². The lowest BCUT2D eigenvalue weighted by molar-refractivity contribution is -0.121. The van der Waals surface area contributed by atoms with Gasteiger partial charge in [-0.3, -0.25) is 14.5 Å². The average Bonchev–Trinajstić information content (AvgIpc) is 2.98. The van der Waals surface area contributed by atoms with Crippen LogP contribution in [0.4, 0.5) is 5.69 Å². The molecule has 1 unspecified atom stereocenters. The van der Waals surface area contributed by atoms with E-state index in [0.29, 0.717) is 37.5 Å². The lowest BCUT2D eigenvalue weighted by atomic mass is 10.1. The number of rotatable bonds is 4. The van der Waals surface area contributed by atoms with Crippen molar-refractivity contribution in [1.29, 1.82) is 0 Å². The van der Waals surface area contributed by atoms with Crippen molar-refractivity contribution in [2.45, 2.75) is 33.7 Å². The van der Waals surface area contributed by atoms with Crippen LogP contribution >= 0.6 is 0 Å². The smallest absolute Gasteiger partial charge is 0.257 e. The normalized spacial score (nSPS) is 16.2. The van der Waals surface area contributed by atoms with Gasteiger partial charge >= 0.3 is 0 Å². The van der Waals surface area contributed by atoms with Crippen LogP contribution in [0.3, 0.4) is 0 Å². The van der Waals surface area contributed by atoms with Gasteiger partial charge in [0.15, 0.2) is 0 Å². The number of carbonyl (C=O) groups is 2. The highest BCUT2D eigenvalue weighted by atomic mass is 16.3. The Labute approximate surface area is 160 Å². The molecule has 3 rings (SSSR count). The molecule has 144 valence electrons. The van der Waals surface area contributed by atoms with Crippen LogP contribution in [0.1, 0.15) is 34.4 Å². The molecule has 1 atom stereocenters. The van der Waals surface area contributed by atoms with Crippen molar-refractivity contribution < 1.29 is 14.0 Å². The Morgan fingerprint density at radius 3 is 2.37 bits per heavy atom. The van der Waals surface area contributed by atoms with E-state index in [0.717, 1.165) is 17.0 Å². The van der Waals surface area contributed by atoms with E-state index in [1.54, 1.807) is 6.07 Å². The summed E-state index contributed by atoms with van der Waals surface area (Å²) in [5, 5.41) is 2.98. The van der Waals surface area contributed by atoms with Gasteiger partial charge in [-0.1, -0.05) is 12.1 Å². The van der Waals surface area contributed by atoms with Gasteiger partial charge in [-0.15, -0.1) is 0 Å². The number of aryl methyl sites for hydroxylation is 3. The predicted octanol–water partition coefficient (Wildman–Crippen LogP) is 2.99. The van der Waals surface area contributed by atoms with E-state index < -0.39 is 0 Å². The number of carbonyl (C=O) groups excluding carboxylic acids is 2. The molecule has 0 aliphatic carbocycles. The average molecular weight is 369 g/mol. The quantitative estimate of drug-likeness (QED) is 0.900. The van der Waals surface area contributed by atoms with E-state index in [1.807, 2.05) is 56.9 Å². The molecule has 6 nitrogen and oxygen atoms in total. The molecule has 1 aliphatic rings. The summed E-state index contributed by atoms with van der Waals surface area (Å²) in [5.74, 6) is 1.38. The van der Waals surface area contributed by atoms with Crippen LogP contribution in [0.15, 0.2) is 34.7 Å². The molecular weight excluding hydrogens is 342 g/mol. The molecule has 6 heteroatoms. The summed E-state index contributed by atoms with van der Waals surface area (Å²) < 4.78 is 5.47. The maximum absolute atomic E-state index is 12.7. The van der Waals surface area contributed by atoms with Crippen molar-refractivity contribution in [2.75, 3.05) is 31.5 Å². The topological polar surface area (TPSA) is 65.8 Å². The first-order valence-corrected chi connectivity index (χ1v) is 9.33. The Morgan fingerprint density at radius 1 is 1.07 bits per heavy atom. The number of benzene rings is 1. The second-order valence-electron chi connectivity index (χ2n) is 7.19.